The van der Waals surface area contributed by atoms with Gasteiger partial charge < -0.3 is 5.32 Å². The third-order valence-electron chi connectivity index (χ3n) is 4.83. The fraction of sp³-hybridized carbons (Fsp3) is 0.150. The first-order valence-electron chi connectivity index (χ1n) is 8.20. The molecule has 1 unspecified atom stereocenters. The lowest BCUT2D eigenvalue weighted by Gasteiger charge is -2.28. The van der Waals surface area contributed by atoms with Gasteiger partial charge in [0.2, 0.25) is 5.91 Å². The number of carbonyl (C=O) groups is 1. The van der Waals surface area contributed by atoms with Crippen LogP contribution in [0, 0.1) is 34.4 Å². The molecule has 3 aromatic rings. The number of nitriles is 2. The minimum atomic E-state index is -1.56. The molecule has 0 aliphatic carbocycles. The number of carbonyl (C=O) groups excluding carboxylic acids is 1. The van der Waals surface area contributed by atoms with Crippen LogP contribution in [0.1, 0.15) is 11.3 Å². The van der Waals surface area contributed by atoms with Gasteiger partial charge in [-0.3, -0.25) is 9.78 Å². The molecule has 0 spiro atoms. The highest BCUT2D eigenvalue weighted by Gasteiger charge is 2.53. The van der Waals surface area contributed by atoms with Crippen LogP contribution in [0.15, 0.2) is 48.7 Å². The van der Waals surface area contributed by atoms with Gasteiger partial charge in [0.15, 0.2) is 5.92 Å². The molecule has 0 saturated heterocycles. The molecule has 0 saturated carbocycles. The zero-order chi connectivity index (χ0) is 19.0. The second kappa shape index (κ2) is 6.15. The summed E-state index contributed by atoms with van der Waals surface area (Å²) in [5.74, 6) is -2.38. The van der Waals surface area contributed by atoms with E-state index in [4.69, 9.17) is 0 Å². The summed E-state index contributed by atoms with van der Waals surface area (Å²) in [6, 6.07) is 14.9. The first-order valence-corrected chi connectivity index (χ1v) is 8.20. The Morgan fingerprint density at radius 3 is 2.63 bits per heavy atom. The normalized spacial score (nSPS) is 18.0. The summed E-state index contributed by atoms with van der Waals surface area (Å²) in [4.78, 5) is 21.7. The Morgan fingerprint density at radius 2 is 1.89 bits per heavy atom. The third-order valence-corrected chi connectivity index (χ3v) is 4.83. The summed E-state index contributed by atoms with van der Waals surface area (Å²) in [6.45, 7) is 0. The highest BCUT2D eigenvalue weighted by Crippen LogP contribution is 2.45. The molecule has 4 rings (SSSR count). The Kier molecular flexibility index (Phi) is 3.79. The topological polar surface area (TPSA) is 102 Å². The van der Waals surface area contributed by atoms with Crippen LogP contribution in [0.5, 0.6) is 0 Å². The second-order valence-electron chi connectivity index (χ2n) is 6.33. The van der Waals surface area contributed by atoms with Gasteiger partial charge in [-0.15, -0.1) is 0 Å². The number of benzene rings is 2. The van der Waals surface area contributed by atoms with Gasteiger partial charge in [-0.1, -0.05) is 12.1 Å². The molecular formula is C20H12FN5O. The summed E-state index contributed by atoms with van der Waals surface area (Å²) in [6.07, 6.45) is 1.47. The number of hydrogen-bond donors (Lipinski definition) is 1. The van der Waals surface area contributed by atoms with E-state index in [0.717, 1.165) is 0 Å². The number of nitrogens with zero attached hydrogens (tertiary/aromatic N) is 4. The summed E-state index contributed by atoms with van der Waals surface area (Å²) < 4.78 is 13.9. The van der Waals surface area contributed by atoms with Crippen molar-refractivity contribution in [2.24, 2.45) is 5.92 Å². The van der Waals surface area contributed by atoms with E-state index in [1.807, 2.05) is 30.3 Å². The molecular weight excluding hydrogens is 345 g/mol. The predicted molar refractivity (Wildman–Crippen MR) is 94.7 cm³/mol. The quantitative estimate of drug-likeness (QED) is 0.776. The minimum absolute atomic E-state index is 0.0428. The maximum atomic E-state index is 13.9. The van der Waals surface area contributed by atoms with Gasteiger partial charge >= 0.3 is 0 Å². The standard InChI is InChI=1S/C20H12FN5O/c21-13-5-6-16-15(7-13)20(19(27)26-16,12(9-22)10-23)8-14-11-24-17-3-1-2-4-18(17)25-14/h1-7,11-12H,8H2,(H,26,27). The lowest BCUT2D eigenvalue weighted by Crippen LogP contribution is -2.43. The summed E-state index contributed by atoms with van der Waals surface area (Å²) in [5, 5.41) is 21.7. The van der Waals surface area contributed by atoms with Crippen molar-refractivity contribution in [3.63, 3.8) is 0 Å². The number of rotatable bonds is 3. The van der Waals surface area contributed by atoms with Crippen LogP contribution >= 0.6 is 0 Å². The first kappa shape index (κ1) is 16.6. The van der Waals surface area contributed by atoms with E-state index in [1.54, 1.807) is 6.07 Å². The van der Waals surface area contributed by atoms with Crippen LogP contribution < -0.4 is 5.32 Å². The number of anilines is 1. The second-order valence-corrected chi connectivity index (χ2v) is 6.33. The van der Waals surface area contributed by atoms with Crippen LogP contribution in [0.2, 0.25) is 0 Å². The van der Waals surface area contributed by atoms with Gasteiger partial charge in [-0.2, -0.15) is 10.5 Å². The van der Waals surface area contributed by atoms with E-state index in [2.05, 4.69) is 15.3 Å². The molecule has 1 aliphatic heterocycles. The number of fused-ring (bicyclic) bond motifs is 2. The zero-order valence-electron chi connectivity index (χ0n) is 14.0. The van der Waals surface area contributed by atoms with E-state index in [9.17, 15) is 19.7 Å². The molecule has 1 atom stereocenters. The lowest BCUT2D eigenvalue weighted by molar-refractivity contribution is -0.121. The van der Waals surface area contributed by atoms with Crippen molar-refractivity contribution in [3.8, 4) is 12.1 Å². The molecule has 1 amide bonds. The van der Waals surface area contributed by atoms with Gasteiger partial charge in [0.25, 0.3) is 0 Å². The monoisotopic (exact) mass is 357 g/mol. The van der Waals surface area contributed by atoms with Crippen molar-refractivity contribution in [2.75, 3.05) is 5.32 Å². The smallest absolute Gasteiger partial charge is 0.237 e. The van der Waals surface area contributed by atoms with Crippen LogP contribution in [0.4, 0.5) is 10.1 Å². The molecule has 2 heterocycles. The molecule has 0 fully saturated rings. The van der Waals surface area contributed by atoms with Gasteiger partial charge in [0, 0.05) is 18.3 Å². The first-order chi connectivity index (χ1) is 13.1. The van der Waals surface area contributed by atoms with Crippen molar-refractivity contribution in [1.29, 1.82) is 10.5 Å². The Hall–Kier alpha value is -3.84. The van der Waals surface area contributed by atoms with E-state index >= 15 is 0 Å². The fourth-order valence-corrected chi connectivity index (χ4v) is 3.53. The third kappa shape index (κ3) is 2.49. The van der Waals surface area contributed by atoms with E-state index in [-0.39, 0.29) is 12.0 Å². The Morgan fingerprint density at radius 1 is 1.15 bits per heavy atom. The van der Waals surface area contributed by atoms with Crippen molar-refractivity contribution in [3.05, 3.63) is 65.7 Å². The average molecular weight is 357 g/mol. The number of para-hydroxylation sites is 2. The van der Waals surface area contributed by atoms with E-state index in [0.29, 0.717) is 22.4 Å². The molecule has 6 nitrogen and oxygen atoms in total. The van der Waals surface area contributed by atoms with Crippen LogP contribution in [0.3, 0.4) is 0 Å². The Balaban J connectivity index is 1.90. The highest BCUT2D eigenvalue weighted by molar-refractivity contribution is 6.07. The van der Waals surface area contributed by atoms with Crippen LogP contribution in [0.25, 0.3) is 11.0 Å². The predicted octanol–water partition coefficient (Wildman–Crippen LogP) is 2.86. The Labute approximate surface area is 153 Å². The summed E-state index contributed by atoms with van der Waals surface area (Å²) >= 11 is 0. The highest BCUT2D eigenvalue weighted by atomic mass is 19.1. The molecule has 0 radical (unpaired) electrons. The lowest BCUT2D eigenvalue weighted by atomic mass is 9.69. The largest absolute Gasteiger partial charge is 0.325 e. The van der Waals surface area contributed by atoms with Gasteiger partial charge in [0.05, 0.1) is 28.9 Å². The molecule has 1 N–H and O–H groups in total. The van der Waals surface area contributed by atoms with Gasteiger partial charge in [-0.25, -0.2) is 9.37 Å². The number of halogens is 1. The SMILES string of the molecule is N#CC(C#N)C1(Cc2cnc3ccccc3n2)C(=O)Nc2ccc(F)cc21. The molecule has 7 heteroatoms. The maximum absolute atomic E-state index is 13.9. The maximum Gasteiger partial charge on any atom is 0.237 e. The number of nitrogens with one attached hydrogen (secondary N) is 1. The van der Waals surface area contributed by atoms with Crippen molar-refractivity contribution < 1.29 is 9.18 Å². The minimum Gasteiger partial charge on any atom is -0.325 e. The van der Waals surface area contributed by atoms with Crippen LogP contribution in [-0.2, 0) is 16.6 Å². The van der Waals surface area contributed by atoms with E-state index in [1.165, 1.54) is 24.4 Å². The van der Waals surface area contributed by atoms with Gasteiger partial charge in [-0.05, 0) is 35.9 Å². The fourth-order valence-electron chi connectivity index (χ4n) is 3.53. The van der Waals surface area contributed by atoms with Crippen molar-refractivity contribution in [1.82, 2.24) is 9.97 Å². The summed E-state index contributed by atoms with van der Waals surface area (Å²) in [7, 11) is 0. The molecule has 27 heavy (non-hydrogen) atoms. The van der Waals surface area contributed by atoms with Gasteiger partial charge in [0.1, 0.15) is 11.2 Å². The zero-order valence-corrected chi connectivity index (χ0v) is 14.0. The molecule has 2 aromatic carbocycles. The average Bonchev–Trinajstić information content (AvgIpc) is 2.95. The Bertz CT molecular complexity index is 1150. The molecule has 1 aromatic heterocycles. The number of amides is 1. The summed E-state index contributed by atoms with van der Waals surface area (Å²) in [5.41, 5.74) is 0.888. The van der Waals surface area contributed by atoms with Crippen molar-refractivity contribution in [2.45, 2.75) is 11.8 Å². The van der Waals surface area contributed by atoms with Crippen molar-refractivity contribution >= 4 is 22.6 Å². The molecule has 1 aliphatic rings. The number of aromatic nitrogens is 2. The van der Waals surface area contributed by atoms with E-state index < -0.39 is 23.1 Å². The molecule has 0 bridgehead atoms. The molecule has 130 valence electrons. The number of hydrogen-bond acceptors (Lipinski definition) is 5. The van der Waals surface area contributed by atoms with Crippen LogP contribution in [-0.4, -0.2) is 15.9 Å².